The number of rotatable bonds is 7. The van der Waals surface area contributed by atoms with E-state index in [1.165, 1.54) is 6.07 Å². The first-order chi connectivity index (χ1) is 8.38. The lowest BCUT2D eigenvalue weighted by atomic mass is 10.3. The molecule has 0 saturated carbocycles. The van der Waals surface area contributed by atoms with Crippen molar-refractivity contribution < 1.29 is 24.5 Å². The molecule has 0 atom stereocenters. The number of carboxylic acids is 1. The summed E-state index contributed by atoms with van der Waals surface area (Å²) in [4.78, 5) is 14.5. The Kier molecular flexibility index (Phi) is 5.06. The van der Waals surface area contributed by atoms with Crippen LogP contribution in [0, 0.1) is 0 Å². The first-order valence-corrected chi connectivity index (χ1v) is 5.58. The highest BCUT2D eigenvalue weighted by Gasteiger charge is 2.11. The first kappa shape index (κ1) is 14.4. The van der Waals surface area contributed by atoms with Crippen LogP contribution in [0.2, 0.25) is 0 Å². The smallest absolute Gasteiger partial charge is 0.354 e. The van der Waals surface area contributed by atoms with Crippen LogP contribution in [0.25, 0.3) is 0 Å². The Bertz CT molecular complexity index is 400. The van der Waals surface area contributed by atoms with Crippen LogP contribution in [0.3, 0.4) is 0 Å². The molecular formula is C12H17NO5. The minimum Gasteiger partial charge on any atom is -0.478 e. The van der Waals surface area contributed by atoms with Gasteiger partial charge in [-0.1, -0.05) is 6.07 Å². The van der Waals surface area contributed by atoms with Gasteiger partial charge in [-0.2, -0.15) is 0 Å². The Morgan fingerprint density at radius 1 is 1.39 bits per heavy atom. The van der Waals surface area contributed by atoms with Crippen molar-refractivity contribution in [1.82, 2.24) is 4.98 Å². The molecule has 1 aromatic heterocycles. The second-order valence-electron chi connectivity index (χ2n) is 4.16. The normalized spacial score (nSPS) is 11.3. The maximum Gasteiger partial charge on any atom is 0.354 e. The van der Waals surface area contributed by atoms with E-state index in [1.807, 2.05) is 0 Å². The topological polar surface area (TPSA) is 88.9 Å². The highest BCUT2D eigenvalue weighted by Crippen LogP contribution is 2.08. The molecule has 1 rings (SSSR count). The molecule has 0 aliphatic carbocycles. The highest BCUT2D eigenvalue weighted by molar-refractivity contribution is 5.85. The zero-order chi connectivity index (χ0) is 13.6. The van der Waals surface area contributed by atoms with Gasteiger partial charge in [-0.25, -0.2) is 9.78 Å². The van der Waals surface area contributed by atoms with E-state index in [9.17, 15) is 9.90 Å². The predicted octanol–water partition coefficient (Wildman–Crippen LogP) is 1.29. The number of aromatic carboxylic acids is 1. The highest BCUT2D eigenvalue weighted by atomic mass is 16.6. The van der Waals surface area contributed by atoms with E-state index in [1.54, 1.807) is 26.0 Å². The number of hydrogen-bond acceptors (Lipinski definition) is 5. The van der Waals surface area contributed by atoms with E-state index in [0.717, 1.165) is 0 Å². The fourth-order valence-corrected chi connectivity index (χ4v) is 1.17. The van der Waals surface area contributed by atoms with Crippen molar-refractivity contribution in [3.05, 3.63) is 23.9 Å². The summed E-state index contributed by atoms with van der Waals surface area (Å²) in [7, 11) is 0. The quantitative estimate of drug-likeness (QED) is 0.564. The van der Waals surface area contributed by atoms with Crippen molar-refractivity contribution in [3.63, 3.8) is 0 Å². The van der Waals surface area contributed by atoms with Crippen LogP contribution in [0.4, 0.5) is 0 Å². The zero-order valence-corrected chi connectivity index (χ0v) is 10.4. The number of hydrogen-bond donors (Lipinski definition) is 2. The number of carboxylic acid groups (broad SMARTS) is 1. The molecule has 6 heteroatoms. The van der Waals surface area contributed by atoms with Gasteiger partial charge in [-0.15, -0.1) is 0 Å². The van der Waals surface area contributed by atoms with E-state index < -0.39 is 11.8 Å². The van der Waals surface area contributed by atoms with Crippen LogP contribution < -0.4 is 4.74 Å². The summed E-state index contributed by atoms with van der Waals surface area (Å²) in [6.07, 6.45) is 0.572. The van der Waals surface area contributed by atoms with Gasteiger partial charge in [0.05, 0.1) is 13.2 Å². The molecule has 100 valence electrons. The molecule has 0 amide bonds. The summed E-state index contributed by atoms with van der Waals surface area (Å²) in [5.74, 6) is -1.98. The molecular weight excluding hydrogens is 238 g/mol. The van der Waals surface area contributed by atoms with Crippen molar-refractivity contribution in [2.75, 3.05) is 13.2 Å². The molecule has 0 bridgehead atoms. The molecule has 0 aromatic carbocycles. The Balaban J connectivity index is 2.31. The minimum atomic E-state index is -1.15. The molecule has 1 heterocycles. The van der Waals surface area contributed by atoms with E-state index in [-0.39, 0.29) is 11.6 Å². The number of aliphatic hydroxyl groups is 1. The third-order valence-corrected chi connectivity index (χ3v) is 1.94. The van der Waals surface area contributed by atoms with Crippen LogP contribution >= 0.6 is 0 Å². The van der Waals surface area contributed by atoms with E-state index in [2.05, 4.69) is 4.98 Å². The van der Waals surface area contributed by atoms with Crippen molar-refractivity contribution in [1.29, 1.82) is 0 Å². The second-order valence-corrected chi connectivity index (χ2v) is 4.16. The van der Waals surface area contributed by atoms with Crippen molar-refractivity contribution >= 4 is 5.97 Å². The predicted molar refractivity (Wildman–Crippen MR) is 63.6 cm³/mol. The fraction of sp³-hybridized carbons (Fsp3) is 0.500. The van der Waals surface area contributed by atoms with E-state index >= 15 is 0 Å². The third kappa shape index (κ3) is 5.60. The molecule has 0 spiro atoms. The van der Waals surface area contributed by atoms with Gasteiger partial charge in [0.2, 0.25) is 5.88 Å². The number of carbonyl (C=O) groups is 1. The fourth-order valence-electron chi connectivity index (χ4n) is 1.17. The zero-order valence-electron chi connectivity index (χ0n) is 10.4. The first-order valence-electron chi connectivity index (χ1n) is 5.58. The van der Waals surface area contributed by atoms with Crippen LogP contribution in [0.15, 0.2) is 18.2 Å². The molecule has 0 saturated heterocycles. The summed E-state index contributed by atoms with van der Waals surface area (Å²) in [6, 6.07) is 4.55. The summed E-state index contributed by atoms with van der Waals surface area (Å²) in [5, 5.41) is 18.0. The standard InChI is InChI=1S/C12H17NO5/c1-12(2,16)18-8-4-7-17-10-6-3-5-9(13-10)11(14)15/h3,5-6,16H,4,7-8H2,1-2H3,(H,14,15). The molecule has 0 aliphatic heterocycles. The molecule has 2 N–H and O–H groups in total. The molecule has 6 nitrogen and oxygen atoms in total. The maximum atomic E-state index is 10.7. The lowest BCUT2D eigenvalue weighted by Gasteiger charge is -2.17. The van der Waals surface area contributed by atoms with Crippen LogP contribution in [-0.2, 0) is 4.74 Å². The average Bonchev–Trinajstić information content (AvgIpc) is 2.27. The summed E-state index contributed by atoms with van der Waals surface area (Å²) in [6.45, 7) is 3.78. The maximum absolute atomic E-state index is 10.7. The van der Waals surface area contributed by atoms with Crippen LogP contribution in [0.1, 0.15) is 30.8 Å². The molecule has 1 aromatic rings. The summed E-state index contributed by atoms with van der Waals surface area (Å²) >= 11 is 0. The lowest BCUT2D eigenvalue weighted by molar-refractivity contribution is -0.176. The van der Waals surface area contributed by atoms with Crippen molar-refractivity contribution in [2.24, 2.45) is 0 Å². The van der Waals surface area contributed by atoms with Gasteiger partial charge in [0.15, 0.2) is 11.5 Å². The molecule has 0 aliphatic rings. The Hall–Kier alpha value is -1.66. The van der Waals surface area contributed by atoms with Gasteiger partial charge in [0.1, 0.15) is 0 Å². The van der Waals surface area contributed by atoms with Gasteiger partial charge in [-0.05, 0) is 19.9 Å². The minimum absolute atomic E-state index is 0.0553. The van der Waals surface area contributed by atoms with Gasteiger partial charge in [0, 0.05) is 12.5 Å². The van der Waals surface area contributed by atoms with E-state index in [0.29, 0.717) is 19.6 Å². The number of pyridine rings is 1. The number of nitrogens with zero attached hydrogens (tertiary/aromatic N) is 1. The molecule has 18 heavy (non-hydrogen) atoms. The number of aromatic nitrogens is 1. The third-order valence-electron chi connectivity index (χ3n) is 1.94. The van der Waals surface area contributed by atoms with Gasteiger partial charge >= 0.3 is 5.97 Å². The average molecular weight is 255 g/mol. The Labute approximate surface area is 105 Å². The van der Waals surface area contributed by atoms with Crippen molar-refractivity contribution in [3.8, 4) is 5.88 Å². The second kappa shape index (κ2) is 6.32. The van der Waals surface area contributed by atoms with Crippen LogP contribution in [0.5, 0.6) is 5.88 Å². The van der Waals surface area contributed by atoms with Crippen LogP contribution in [-0.4, -0.2) is 40.2 Å². The molecule has 0 unspecified atom stereocenters. The summed E-state index contributed by atoms with van der Waals surface area (Å²) in [5.41, 5.74) is -0.0553. The molecule has 0 fully saturated rings. The molecule has 0 radical (unpaired) electrons. The Morgan fingerprint density at radius 2 is 2.11 bits per heavy atom. The van der Waals surface area contributed by atoms with Gasteiger partial charge in [0.25, 0.3) is 0 Å². The monoisotopic (exact) mass is 255 g/mol. The van der Waals surface area contributed by atoms with Crippen molar-refractivity contribution in [2.45, 2.75) is 26.1 Å². The van der Waals surface area contributed by atoms with Gasteiger partial charge in [-0.3, -0.25) is 0 Å². The Morgan fingerprint density at radius 3 is 2.72 bits per heavy atom. The SMILES string of the molecule is CC(C)(O)OCCCOc1cccc(C(=O)O)n1. The summed E-state index contributed by atoms with van der Waals surface area (Å²) < 4.78 is 10.4. The number of ether oxygens (including phenoxy) is 2. The largest absolute Gasteiger partial charge is 0.478 e. The van der Waals surface area contributed by atoms with Gasteiger partial charge < -0.3 is 19.7 Å². The lowest BCUT2D eigenvalue weighted by Crippen LogP contribution is -2.24. The van der Waals surface area contributed by atoms with E-state index in [4.69, 9.17) is 14.6 Å².